The summed E-state index contributed by atoms with van der Waals surface area (Å²) in [7, 11) is 1.51. The zero-order valence-corrected chi connectivity index (χ0v) is 15.2. The standard InChI is InChI=1S/C18H20FN7O2/c1-28-13-4-7-26(9-11(13)19)18-22-6-3-14(25-18)24-17-15(16(20)27)10-8-21-5-2-12(10)23-17/h2-3,5-6,8,11,13,23H,4,7,9H2,1H3,(H2,20,27)(H,22,24,25)/t11-,13+/m0/s1. The Morgan fingerprint density at radius 2 is 2.29 bits per heavy atom. The molecule has 0 aliphatic carbocycles. The number of pyridine rings is 1. The van der Waals surface area contributed by atoms with Gasteiger partial charge in [-0.1, -0.05) is 0 Å². The maximum atomic E-state index is 14.2. The van der Waals surface area contributed by atoms with Crippen LogP contribution >= 0.6 is 0 Å². The van der Waals surface area contributed by atoms with Crippen molar-refractivity contribution in [2.75, 3.05) is 30.4 Å². The number of primary amides is 1. The highest BCUT2D eigenvalue weighted by atomic mass is 19.1. The summed E-state index contributed by atoms with van der Waals surface area (Å²) in [5.74, 6) is 0.691. The third-order valence-electron chi connectivity index (χ3n) is 4.81. The van der Waals surface area contributed by atoms with Crippen LogP contribution in [0.5, 0.6) is 0 Å². The number of piperidine rings is 1. The number of nitrogens with one attached hydrogen (secondary N) is 2. The maximum Gasteiger partial charge on any atom is 0.253 e. The van der Waals surface area contributed by atoms with Gasteiger partial charge in [-0.3, -0.25) is 9.78 Å². The highest BCUT2D eigenvalue weighted by Gasteiger charge is 2.30. The first-order chi connectivity index (χ1) is 13.6. The molecule has 3 aromatic heterocycles. The molecule has 1 aliphatic heterocycles. The number of anilines is 3. The molecule has 9 nitrogen and oxygen atoms in total. The molecule has 0 spiro atoms. The first kappa shape index (κ1) is 18.1. The van der Waals surface area contributed by atoms with Gasteiger partial charge in [-0.05, 0) is 18.6 Å². The molecular weight excluding hydrogens is 365 g/mol. The SMILES string of the molecule is CO[C@@H]1CCN(c2nccc(Nc3[nH]c4ccncc4c3C(N)=O)n2)C[C@@H]1F. The summed E-state index contributed by atoms with van der Waals surface area (Å²) >= 11 is 0. The Morgan fingerprint density at radius 1 is 1.43 bits per heavy atom. The van der Waals surface area contributed by atoms with Gasteiger partial charge in [0.05, 0.1) is 23.7 Å². The Balaban J connectivity index is 1.60. The zero-order chi connectivity index (χ0) is 19.7. The number of hydrogen-bond donors (Lipinski definition) is 3. The normalized spacial score (nSPS) is 19.7. The quantitative estimate of drug-likeness (QED) is 0.612. The first-order valence-electron chi connectivity index (χ1n) is 8.84. The van der Waals surface area contributed by atoms with Crippen LogP contribution in [0.1, 0.15) is 16.8 Å². The van der Waals surface area contributed by atoms with Crippen LogP contribution < -0.4 is 16.0 Å². The molecule has 3 aromatic rings. The Kier molecular flexibility index (Phi) is 4.78. The number of fused-ring (bicyclic) bond motifs is 1. The second-order valence-corrected chi connectivity index (χ2v) is 6.55. The number of nitrogens with two attached hydrogens (primary N) is 1. The number of aromatic nitrogens is 4. The van der Waals surface area contributed by atoms with Crippen LogP contribution in [0.25, 0.3) is 10.9 Å². The number of carbonyl (C=O) groups is 1. The van der Waals surface area contributed by atoms with Gasteiger partial charge in [0.2, 0.25) is 5.95 Å². The Bertz CT molecular complexity index is 1010. The lowest BCUT2D eigenvalue weighted by atomic mass is 10.1. The number of alkyl halides is 1. The Labute approximate surface area is 160 Å². The van der Waals surface area contributed by atoms with Crippen LogP contribution in [-0.2, 0) is 4.74 Å². The van der Waals surface area contributed by atoms with Gasteiger partial charge in [-0.15, -0.1) is 0 Å². The van der Waals surface area contributed by atoms with Crippen LogP contribution in [0.2, 0.25) is 0 Å². The first-order valence-corrected chi connectivity index (χ1v) is 8.84. The lowest BCUT2D eigenvalue weighted by molar-refractivity contribution is 0.0194. The zero-order valence-electron chi connectivity index (χ0n) is 15.2. The summed E-state index contributed by atoms with van der Waals surface area (Å²) in [4.78, 5) is 29.6. The minimum atomic E-state index is -1.11. The molecular formula is C18H20FN7O2. The topological polar surface area (TPSA) is 122 Å². The molecule has 0 bridgehead atoms. The second kappa shape index (κ2) is 7.39. The lowest BCUT2D eigenvalue weighted by Gasteiger charge is -2.33. The number of rotatable bonds is 5. The number of methoxy groups -OCH3 is 1. The fourth-order valence-electron chi connectivity index (χ4n) is 3.41. The predicted molar refractivity (Wildman–Crippen MR) is 102 cm³/mol. The highest BCUT2D eigenvalue weighted by molar-refractivity contribution is 6.11. The van der Waals surface area contributed by atoms with Crippen molar-refractivity contribution in [2.45, 2.75) is 18.7 Å². The molecule has 4 N–H and O–H groups in total. The summed E-state index contributed by atoms with van der Waals surface area (Å²) in [5, 5.41) is 3.69. The monoisotopic (exact) mass is 385 g/mol. The van der Waals surface area contributed by atoms with E-state index >= 15 is 0 Å². The molecule has 4 rings (SSSR count). The molecule has 1 fully saturated rings. The smallest absolute Gasteiger partial charge is 0.253 e. The van der Waals surface area contributed by atoms with Crippen LogP contribution in [-0.4, -0.2) is 58.3 Å². The third kappa shape index (κ3) is 3.33. The van der Waals surface area contributed by atoms with Gasteiger partial charge in [0.25, 0.3) is 5.91 Å². The molecule has 1 saturated heterocycles. The number of hydrogen-bond acceptors (Lipinski definition) is 7. The number of aromatic amines is 1. The number of halogens is 1. The third-order valence-corrected chi connectivity index (χ3v) is 4.81. The predicted octanol–water partition coefficient (Wildman–Crippen LogP) is 1.76. The number of ether oxygens (including phenoxy) is 1. The summed E-state index contributed by atoms with van der Waals surface area (Å²) in [6.45, 7) is 0.750. The Hall–Kier alpha value is -3.27. The average molecular weight is 385 g/mol. The van der Waals surface area contributed by atoms with Crippen molar-refractivity contribution in [1.29, 1.82) is 0 Å². The van der Waals surface area contributed by atoms with Gasteiger partial charge < -0.3 is 25.7 Å². The van der Waals surface area contributed by atoms with Gasteiger partial charge in [0, 0.05) is 37.6 Å². The number of amides is 1. The van der Waals surface area contributed by atoms with Crippen LogP contribution in [0, 0.1) is 0 Å². The molecule has 0 radical (unpaired) electrons. The number of carbonyl (C=O) groups excluding carboxylic acids is 1. The van der Waals surface area contributed by atoms with Gasteiger partial charge in [0.1, 0.15) is 17.8 Å². The largest absolute Gasteiger partial charge is 0.378 e. The van der Waals surface area contributed by atoms with E-state index in [4.69, 9.17) is 10.5 Å². The highest BCUT2D eigenvalue weighted by Crippen LogP contribution is 2.28. The fourth-order valence-corrected chi connectivity index (χ4v) is 3.41. The maximum absolute atomic E-state index is 14.2. The van der Waals surface area contributed by atoms with E-state index in [-0.39, 0.29) is 6.54 Å². The molecule has 1 amide bonds. The molecule has 4 heterocycles. The van der Waals surface area contributed by atoms with Crippen LogP contribution in [0.3, 0.4) is 0 Å². The molecule has 0 unspecified atom stereocenters. The fraction of sp³-hybridized carbons (Fsp3) is 0.333. The van der Waals surface area contributed by atoms with Crippen molar-refractivity contribution in [2.24, 2.45) is 5.73 Å². The average Bonchev–Trinajstić information content (AvgIpc) is 3.06. The molecule has 0 saturated carbocycles. The molecule has 146 valence electrons. The van der Waals surface area contributed by atoms with E-state index in [1.807, 2.05) is 0 Å². The Morgan fingerprint density at radius 3 is 3.04 bits per heavy atom. The van der Waals surface area contributed by atoms with Crippen LogP contribution in [0.15, 0.2) is 30.7 Å². The van der Waals surface area contributed by atoms with E-state index in [2.05, 4.69) is 25.3 Å². The minimum absolute atomic E-state index is 0.159. The van der Waals surface area contributed by atoms with E-state index in [1.54, 1.807) is 35.6 Å². The van der Waals surface area contributed by atoms with E-state index < -0.39 is 18.2 Å². The van der Waals surface area contributed by atoms with Gasteiger partial charge in [0.15, 0.2) is 0 Å². The van der Waals surface area contributed by atoms with E-state index in [1.165, 1.54) is 7.11 Å². The molecule has 10 heteroatoms. The lowest BCUT2D eigenvalue weighted by Crippen LogP contribution is -2.46. The van der Waals surface area contributed by atoms with Crippen molar-refractivity contribution < 1.29 is 13.9 Å². The number of nitrogens with zero attached hydrogens (tertiary/aromatic N) is 4. The summed E-state index contributed by atoms with van der Waals surface area (Å²) in [5.41, 5.74) is 6.57. The molecule has 2 atom stereocenters. The molecule has 28 heavy (non-hydrogen) atoms. The van der Waals surface area contributed by atoms with Crippen molar-refractivity contribution in [3.8, 4) is 0 Å². The van der Waals surface area contributed by atoms with Gasteiger partial charge in [-0.2, -0.15) is 4.98 Å². The van der Waals surface area contributed by atoms with E-state index in [9.17, 15) is 9.18 Å². The van der Waals surface area contributed by atoms with Crippen LogP contribution in [0.4, 0.5) is 22.0 Å². The van der Waals surface area contributed by atoms with Gasteiger partial charge in [-0.25, -0.2) is 9.37 Å². The van der Waals surface area contributed by atoms with E-state index in [0.29, 0.717) is 41.5 Å². The van der Waals surface area contributed by atoms with E-state index in [0.717, 1.165) is 5.52 Å². The summed E-state index contributed by atoms with van der Waals surface area (Å²) < 4.78 is 19.3. The van der Waals surface area contributed by atoms with Crippen molar-refractivity contribution in [3.63, 3.8) is 0 Å². The molecule has 0 aromatic carbocycles. The number of H-pyrrole nitrogens is 1. The second-order valence-electron chi connectivity index (χ2n) is 6.55. The van der Waals surface area contributed by atoms with Crippen molar-refractivity contribution in [3.05, 3.63) is 36.3 Å². The summed E-state index contributed by atoms with van der Waals surface area (Å²) in [6.07, 6.45) is 3.81. The molecule has 1 aliphatic rings. The van der Waals surface area contributed by atoms with Crippen molar-refractivity contribution >= 4 is 34.4 Å². The summed E-state index contributed by atoms with van der Waals surface area (Å²) in [6, 6.07) is 3.41. The van der Waals surface area contributed by atoms with Crippen molar-refractivity contribution in [1.82, 2.24) is 19.9 Å². The minimum Gasteiger partial charge on any atom is -0.378 e. The van der Waals surface area contributed by atoms with Gasteiger partial charge >= 0.3 is 0 Å².